The van der Waals surface area contributed by atoms with Crippen molar-refractivity contribution < 1.29 is 14.3 Å². The van der Waals surface area contributed by atoms with E-state index in [9.17, 15) is 9.59 Å². The fourth-order valence-corrected chi connectivity index (χ4v) is 5.35. The van der Waals surface area contributed by atoms with Crippen molar-refractivity contribution in [2.24, 2.45) is 0 Å². The number of rotatable bonds is 7. The van der Waals surface area contributed by atoms with Crippen LogP contribution in [0.4, 0.5) is 5.82 Å². The number of nitrogens with zero attached hydrogens (tertiary/aromatic N) is 3. The average molecular weight is 528 g/mol. The lowest BCUT2D eigenvalue weighted by molar-refractivity contribution is 0.0272. The van der Waals surface area contributed by atoms with E-state index in [2.05, 4.69) is 47.4 Å². The molecule has 1 aromatic heterocycles. The molecule has 0 bridgehead atoms. The molecule has 0 radical (unpaired) electrons. The number of ether oxygens (including phenoxy) is 1. The highest BCUT2D eigenvalue weighted by atomic mass is 16.5. The van der Waals surface area contributed by atoms with Crippen molar-refractivity contribution >= 4 is 17.6 Å². The molecular weight excluding hydrogens is 490 g/mol. The van der Waals surface area contributed by atoms with E-state index in [0.717, 1.165) is 62.1 Å². The van der Waals surface area contributed by atoms with Gasteiger partial charge in [-0.1, -0.05) is 42.0 Å². The van der Waals surface area contributed by atoms with Crippen LogP contribution in [0.15, 0.2) is 60.8 Å². The monoisotopic (exact) mass is 527 g/mol. The first-order chi connectivity index (χ1) is 18.9. The van der Waals surface area contributed by atoms with Crippen molar-refractivity contribution in [1.82, 2.24) is 20.1 Å². The molecular formula is C31H37N5O3. The third-order valence-electron chi connectivity index (χ3n) is 7.73. The van der Waals surface area contributed by atoms with Crippen molar-refractivity contribution in [2.45, 2.75) is 44.9 Å². The molecule has 0 spiro atoms. The molecule has 8 nitrogen and oxygen atoms in total. The van der Waals surface area contributed by atoms with E-state index in [0.29, 0.717) is 17.7 Å². The van der Waals surface area contributed by atoms with Crippen molar-refractivity contribution in [1.29, 1.82) is 0 Å². The van der Waals surface area contributed by atoms with E-state index < -0.39 is 0 Å². The topological polar surface area (TPSA) is 101 Å². The number of aryl methyl sites for hydroxylation is 1. The lowest BCUT2D eigenvalue weighted by atomic mass is 10.0. The predicted molar refractivity (Wildman–Crippen MR) is 152 cm³/mol. The van der Waals surface area contributed by atoms with E-state index in [1.165, 1.54) is 5.56 Å². The Bertz CT molecular complexity index is 1320. The first-order valence-electron chi connectivity index (χ1n) is 13.7. The van der Waals surface area contributed by atoms with Gasteiger partial charge in [-0.25, -0.2) is 4.98 Å². The molecule has 1 aliphatic carbocycles. The average Bonchev–Trinajstić information content (AvgIpc) is 3.39. The normalized spacial score (nSPS) is 19.7. The van der Waals surface area contributed by atoms with Gasteiger partial charge >= 0.3 is 0 Å². The standard InChI is InChI=1S/C31H37N5O3/c1-21-5-3-6-22(17-21)20-39-28-8-4-7-27(28)34-30(37)26-18-25(19-33-29(26)32)23-9-11-24(12-10-23)31(38)36-15-13-35(2)14-16-36/h3,5-6,9-12,17-19,27-28H,4,7-8,13-16,20H2,1-2H3,(H2,32,33)(H,34,37)/t27-,28-/m0/s1. The van der Waals surface area contributed by atoms with Gasteiger partial charge in [0.1, 0.15) is 5.82 Å². The highest BCUT2D eigenvalue weighted by molar-refractivity contribution is 6.00. The van der Waals surface area contributed by atoms with Crippen LogP contribution in [-0.2, 0) is 11.3 Å². The summed E-state index contributed by atoms with van der Waals surface area (Å²) in [5.41, 5.74) is 11.1. The number of likely N-dealkylation sites (N-methyl/N-ethyl adjacent to an activating group) is 1. The molecule has 1 saturated heterocycles. The molecule has 2 atom stereocenters. The molecule has 1 aliphatic heterocycles. The van der Waals surface area contributed by atoms with Crippen molar-refractivity contribution in [3.05, 3.63) is 83.0 Å². The number of hydrogen-bond donors (Lipinski definition) is 2. The van der Waals surface area contributed by atoms with Crippen LogP contribution in [0.5, 0.6) is 0 Å². The number of pyridine rings is 1. The quantitative estimate of drug-likeness (QED) is 0.484. The summed E-state index contributed by atoms with van der Waals surface area (Å²) < 4.78 is 6.20. The number of piperazine rings is 1. The largest absolute Gasteiger partial charge is 0.383 e. The second-order valence-corrected chi connectivity index (χ2v) is 10.7. The summed E-state index contributed by atoms with van der Waals surface area (Å²) in [5.74, 6) is -0.0195. The fraction of sp³-hybridized carbons (Fsp3) is 0.387. The zero-order valence-corrected chi connectivity index (χ0v) is 22.7. The predicted octanol–water partition coefficient (Wildman–Crippen LogP) is 3.89. The number of aromatic nitrogens is 1. The molecule has 2 aromatic carbocycles. The number of anilines is 1. The van der Waals surface area contributed by atoms with Gasteiger partial charge in [-0.2, -0.15) is 0 Å². The third kappa shape index (κ3) is 6.46. The summed E-state index contributed by atoms with van der Waals surface area (Å²) in [5, 5.41) is 3.14. The Kier molecular flexibility index (Phi) is 8.24. The summed E-state index contributed by atoms with van der Waals surface area (Å²) in [6.45, 7) is 5.81. The lowest BCUT2D eigenvalue weighted by Crippen LogP contribution is -2.47. The van der Waals surface area contributed by atoms with Crippen LogP contribution in [0, 0.1) is 6.92 Å². The summed E-state index contributed by atoms with van der Waals surface area (Å²) >= 11 is 0. The molecule has 1 saturated carbocycles. The van der Waals surface area contributed by atoms with Gasteiger partial charge in [0.05, 0.1) is 24.3 Å². The Labute approximate surface area is 230 Å². The summed E-state index contributed by atoms with van der Waals surface area (Å²) in [6, 6.07) is 17.4. The zero-order valence-electron chi connectivity index (χ0n) is 22.7. The number of carbonyl (C=O) groups excluding carboxylic acids is 2. The van der Waals surface area contributed by atoms with E-state index in [-0.39, 0.29) is 29.8 Å². The minimum absolute atomic E-state index is 0.0425. The van der Waals surface area contributed by atoms with Crippen LogP contribution in [0.2, 0.25) is 0 Å². The number of nitrogen functional groups attached to an aromatic ring is 1. The Morgan fingerprint density at radius 3 is 2.54 bits per heavy atom. The molecule has 8 heteroatoms. The number of nitrogens with two attached hydrogens (primary N) is 1. The number of benzene rings is 2. The Hall–Kier alpha value is -3.75. The van der Waals surface area contributed by atoms with Gasteiger partial charge in [0.2, 0.25) is 0 Å². The van der Waals surface area contributed by atoms with Crippen LogP contribution >= 0.6 is 0 Å². The van der Waals surface area contributed by atoms with E-state index in [1.54, 1.807) is 12.3 Å². The van der Waals surface area contributed by atoms with Gasteiger partial charge in [-0.05, 0) is 62.6 Å². The highest BCUT2D eigenvalue weighted by Crippen LogP contribution is 2.26. The maximum absolute atomic E-state index is 13.3. The minimum atomic E-state index is -0.250. The van der Waals surface area contributed by atoms with Crippen LogP contribution in [0.25, 0.3) is 11.1 Å². The molecule has 3 N–H and O–H groups in total. The molecule has 0 unspecified atom stereocenters. The van der Waals surface area contributed by atoms with Crippen molar-refractivity contribution in [2.75, 3.05) is 39.0 Å². The van der Waals surface area contributed by atoms with Crippen molar-refractivity contribution in [3.63, 3.8) is 0 Å². The smallest absolute Gasteiger partial charge is 0.255 e. The number of hydrogen-bond acceptors (Lipinski definition) is 6. The molecule has 204 valence electrons. The molecule has 3 aromatic rings. The molecule has 2 heterocycles. The van der Waals surface area contributed by atoms with E-state index in [1.807, 2.05) is 35.2 Å². The second-order valence-electron chi connectivity index (χ2n) is 10.7. The van der Waals surface area contributed by atoms with E-state index >= 15 is 0 Å². The molecule has 2 amide bonds. The van der Waals surface area contributed by atoms with Crippen LogP contribution in [0.3, 0.4) is 0 Å². The van der Waals surface area contributed by atoms with Gasteiger partial charge in [-0.15, -0.1) is 0 Å². The molecule has 2 aliphatic rings. The number of amides is 2. The van der Waals surface area contributed by atoms with Crippen LogP contribution < -0.4 is 11.1 Å². The maximum Gasteiger partial charge on any atom is 0.255 e. The zero-order chi connectivity index (χ0) is 27.4. The van der Waals surface area contributed by atoms with Gasteiger partial charge in [0, 0.05) is 43.5 Å². The first kappa shape index (κ1) is 26.8. The van der Waals surface area contributed by atoms with Gasteiger partial charge < -0.3 is 25.6 Å². The molecule has 2 fully saturated rings. The third-order valence-corrected chi connectivity index (χ3v) is 7.73. The van der Waals surface area contributed by atoms with E-state index in [4.69, 9.17) is 10.5 Å². The summed E-state index contributed by atoms with van der Waals surface area (Å²) in [4.78, 5) is 34.6. The summed E-state index contributed by atoms with van der Waals surface area (Å²) in [6.07, 6.45) is 4.38. The van der Waals surface area contributed by atoms with Crippen molar-refractivity contribution in [3.8, 4) is 11.1 Å². The van der Waals surface area contributed by atoms with Gasteiger partial charge in [-0.3, -0.25) is 9.59 Å². The Morgan fingerprint density at radius 1 is 1.03 bits per heavy atom. The Balaban J connectivity index is 1.23. The first-order valence-corrected chi connectivity index (χ1v) is 13.7. The van der Waals surface area contributed by atoms with Gasteiger partial charge in [0.15, 0.2) is 0 Å². The minimum Gasteiger partial charge on any atom is -0.383 e. The van der Waals surface area contributed by atoms with Crippen LogP contribution in [0.1, 0.15) is 51.1 Å². The number of carbonyl (C=O) groups is 2. The highest BCUT2D eigenvalue weighted by Gasteiger charge is 2.30. The lowest BCUT2D eigenvalue weighted by Gasteiger charge is -2.32. The molecule has 39 heavy (non-hydrogen) atoms. The number of nitrogens with one attached hydrogen (secondary N) is 1. The van der Waals surface area contributed by atoms with Crippen LogP contribution in [-0.4, -0.2) is 72.0 Å². The summed E-state index contributed by atoms with van der Waals surface area (Å²) in [7, 11) is 2.07. The maximum atomic E-state index is 13.3. The van der Waals surface area contributed by atoms with Gasteiger partial charge in [0.25, 0.3) is 11.8 Å². The fourth-order valence-electron chi connectivity index (χ4n) is 5.35. The Morgan fingerprint density at radius 2 is 1.79 bits per heavy atom. The second kappa shape index (κ2) is 12.0. The SMILES string of the molecule is Cc1cccc(CO[C@H]2CCC[C@@H]2NC(=O)c2cc(-c3ccc(C(=O)N4CCN(C)CC4)cc3)cnc2N)c1. The molecule has 5 rings (SSSR count).